The Morgan fingerprint density at radius 3 is 2.38 bits per heavy atom. The molecule has 0 atom stereocenters. The number of carboxylic acid groups (broad SMARTS) is 1. The first-order valence-electron chi connectivity index (χ1n) is 4.68. The highest BCUT2D eigenvalue weighted by Crippen LogP contribution is 1.97. The molecule has 13 heavy (non-hydrogen) atoms. The Bertz CT molecular complexity index is 139. The predicted molar refractivity (Wildman–Crippen MR) is 50.7 cm³/mol. The minimum absolute atomic E-state index is 0.222. The van der Waals surface area contributed by atoms with Gasteiger partial charge in [0.1, 0.15) is 0 Å². The van der Waals surface area contributed by atoms with Gasteiger partial charge in [0.25, 0.3) is 0 Å². The second-order valence-electron chi connectivity index (χ2n) is 3.23. The Morgan fingerprint density at radius 1 is 1.23 bits per heavy atom. The first kappa shape index (κ1) is 12.4. The Morgan fingerprint density at radius 2 is 1.85 bits per heavy atom. The van der Waals surface area contributed by atoms with E-state index in [-0.39, 0.29) is 13.0 Å². The first-order chi connectivity index (χ1) is 6.16. The Hall–Kier alpha value is -0.610. The van der Waals surface area contributed by atoms with Crippen molar-refractivity contribution in [3.05, 3.63) is 0 Å². The number of hydrogen-bond donors (Lipinski definition) is 2. The molecule has 0 saturated carbocycles. The average molecular weight is 189 g/mol. The van der Waals surface area contributed by atoms with E-state index in [1.54, 1.807) is 0 Å². The molecule has 0 saturated heterocycles. The molecule has 2 N–H and O–H groups in total. The Labute approximate surface area is 79.2 Å². The highest BCUT2D eigenvalue weighted by atomic mass is 16.4. The fourth-order valence-corrected chi connectivity index (χ4v) is 1.11. The molecule has 0 bridgehead atoms. The number of aliphatic hydroxyl groups is 1. The van der Waals surface area contributed by atoms with Crippen molar-refractivity contribution >= 4 is 5.97 Å². The van der Waals surface area contributed by atoms with Crippen LogP contribution in [-0.4, -0.2) is 47.8 Å². The summed E-state index contributed by atoms with van der Waals surface area (Å²) in [6.07, 6.45) is 2.69. The van der Waals surface area contributed by atoms with Gasteiger partial charge < -0.3 is 15.1 Å². The molecule has 0 aliphatic rings. The SMILES string of the molecule is CN(CCCO)CCCCC(=O)O. The number of aliphatic carboxylic acids is 1. The monoisotopic (exact) mass is 189 g/mol. The van der Waals surface area contributed by atoms with Gasteiger partial charge in [-0.1, -0.05) is 0 Å². The second kappa shape index (κ2) is 8.01. The standard InChI is InChI=1S/C9H19NO3/c1-10(7-4-8-11)6-3-2-5-9(12)13/h11H,2-8H2,1H3,(H,12,13). The quantitative estimate of drug-likeness (QED) is 0.548. The summed E-state index contributed by atoms with van der Waals surface area (Å²) in [5.41, 5.74) is 0. The van der Waals surface area contributed by atoms with E-state index in [4.69, 9.17) is 10.2 Å². The van der Waals surface area contributed by atoms with E-state index in [0.717, 1.165) is 32.4 Å². The van der Waals surface area contributed by atoms with Gasteiger partial charge in [-0.3, -0.25) is 4.79 Å². The number of nitrogens with zero attached hydrogens (tertiary/aromatic N) is 1. The summed E-state index contributed by atoms with van der Waals surface area (Å²) in [5.74, 6) is -0.724. The predicted octanol–water partition coefficient (Wildman–Crippen LogP) is 0.556. The summed E-state index contributed by atoms with van der Waals surface area (Å²) in [7, 11) is 1.98. The molecule has 0 heterocycles. The zero-order valence-corrected chi connectivity index (χ0v) is 8.20. The zero-order valence-electron chi connectivity index (χ0n) is 8.20. The number of rotatable bonds is 8. The maximum atomic E-state index is 10.2. The largest absolute Gasteiger partial charge is 0.481 e. The topological polar surface area (TPSA) is 60.8 Å². The fraction of sp³-hybridized carbons (Fsp3) is 0.889. The van der Waals surface area contributed by atoms with Crippen molar-refractivity contribution in [3.8, 4) is 0 Å². The van der Waals surface area contributed by atoms with E-state index in [2.05, 4.69) is 4.90 Å². The summed E-state index contributed by atoms with van der Waals surface area (Å²) in [4.78, 5) is 12.3. The van der Waals surface area contributed by atoms with E-state index in [1.165, 1.54) is 0 Å². The van der Waals surface area contributed by atoms with Crippen molar-refractivity contribution in [2.24, 2.45) is 0 Å². The van der Waals surface area contributed by atoms with Crippen LogP contribution in [-0.2, 0) is 4.79 Å². The Kier molecular flexibility index (Phi) is 7.63. The molecule has 0 aliphatic heterocycles. The van der Waals surface area contributed by atoms with Gasteiger partial charge in [0.15, 0.2) is 0 Å². The lowest BCUT2D eigenvalue weighted by molar-refractivity contribution is -0.137. The van der Waals surface area contributed by atoms with E-state index in [1.807, 2.05) is 7.05 Å². The summed E-state index contributed by atoms with van der Waals surface area (Å²) in [6.45, 7) is 2.01. The van der Waals surface area contributed by atoms with Crippen LogP contribution in [0.3, 0.4) is 0 Å². The van der Waals surface area contributed by atoms with E-state index >= 15 is 0 Å². The number of aliphatic hydroxyl groups excluding tert-OH is 1. The Balaban J connectivity index is 3.16. The molecule has 0 amide bonds. The summed E-state index contributed by atoms with van der Waals surface area (Å²) in [5, 5.41) is 16.9. The number of carboxylic acids is 1. The van der Waals surface area contributed by atoms with Crippen LogP contribution in [0.15, 0.2) is 0 Å². The van der Waals surface area contributed by atoms with Gasteiger partial charge >= 0.3 is 5.97 Å². The van der Waals surface area contributed by atoms with Crippen molar-refractivity contribution in [3.63, 3.8) is 0 Å². The molecular formula is C9H19NO3. The van der Waals surface area contributed by atoms with Gasteiger partial charge in [0.05, 0.1) is 0 Å². The lowest BCUT2D eigenvalue weighted by Crippen LogP contribution is -2.21. The van der Waals surface area contributed by atoms with E-state index in [9.17, 15) is 4.79 Å². The van der Waals surface area contributed by atoms with Gasteiger partial charge in [0, 0.05) is 19.6 Å². The molecule has 0 radical (unpaired) electrons. The molecule has 0 aromatic heterocycles. The molecule has 0 rings (SSSR count). The molecule has 4 heteroatoms. The van der Waals surface area contributed by atoms with Crippen molar-refractivity contribution in [2.45, 2.75) is 25.7 Å². The van der Waals surface area contributed by atoms with Crippen LogP contribution in [0.1, 0.15) is 25.7 Å². The summed E-state index contributed by atoms with van der Waals surface area (Å²) in [6, 6.07) is 0. The second-order valence-corrected chi connectivity index (χ2v) is 3.23. The average Bonchev–Trinajstić information content (AvgIpc) is 2.08. The molecule has 78 valence electrons. The molecule has 0 unspecified atom stereocenters. The van der Waals surface area contributed by atoms with Crippen LogP contribution in [0.4, 0.5) is 0 Å². The van der Waals surface area contributed by atoms with Crippen LogP contribution in [0.25, 0.3) is 0 Å². The highest BCUT2D eigenvalue weighted by molar-refractivity contribution is 5.66. The minimum Gasteiger partial charge on any atom is -0.481 e. The van der Waals surface area contributed by atoms with E-state index < -0.39 is 5.97 Å². The number of hydrogen-bond acceptors (Lipinski definition) is 3. The van der Waals surface area contributed by atoms with Crippen molar-refractivity contribution in [1.29, 1.82) is 0 Å². The highest BCUT2D eigenvalue weighted by Gasteiger charge is 1.99. The number of carbonyl (C=O) groups is 1. The van der Waals surface area contributed by atoms with E-state index in [0.29, 0.717) is 0 Å². The van der Waals surface area contributed by atoms with Gasteiger partial charge in [-0.25, -0.2) is 0 Å². The normalized spacial score (nSPS) is 10.7. The van der Waals surface area contributed by atoms with Crippen LogP contribution >= 0.6 is 0 Å². The van der Waals surface area contributed by atoms with Crippen LogP contribution in [0, 0.1) is 0 Å². The van der Waals surface area contributed by atoms with Gasteiger partial charge in [0.2, 0.25) is 0 Å². The zero-order chi connectivity index (χ0) is 10.1. The van der Waals surface area contributed by atoms with Crippen molar-refractivity contribution in [2.75, 3.05) is 26.7 Å². The van der Waals surface area contributed by atoms with Crippen molar-refractivity contribution in [1.82, 2.24) is 4.90 Å². The maximum Gasteiger partial charge on any atom is 0.303 e. The molecule has 4 nitrogen and oxygen atoms in total. The van der Waals surface area contributed by atoms with Crippen molar-refractivity contribution < 1.29 is 15.0 Å². The van der Waals surface area contributed by atoms with Crippen LogP contribution < -0.4 is 0 Å². The maximum absolute atomic E-state index is 10.2. The molecule has 0 aliphatic carbocycles. The number of unbranched alkanes of at least 4 members (excludes halogenated alkanes) is 1. The summed E-state index contributed by atoms with van der Waals surface area (Å²) >= 11 is 0. The minimum atomic E-state index is -0.724. The lowest BCUT2D eigenvalue weighted by Gasteiger charge is -2.14. The smallest absolute Gasteiger partial charge is 0.303 e. The van der Waals surface area contributed by atoms with Crippen LogP contribution in [0.5, 0.6) is 0 Å². The lowest BCUT2D eigenvalue weighted by atomic mass is 10.2. The third-order valence-corrected chi connectivity index (χ3v) is 1.88. The van der Waals surface area contributed by atoms with Crippen LogP contribution in [0.2, 0.25) is 0 Å². The molecular weight excluding hydrogens is 170 g/mol. The molecule has 0 fully saturated rings. The van der Waals surface area contributed by atoms with Gasteiger partial charge in [-0.2, -0.15) is 0 Å². The molecule has 0 aromatic rings. The molecule has 0 spiro atoms. The third-order valence-electron chi connectivity index (χ3n) is 1.88. The van der Waals surface area contributed by atoms with Gasteiger partial charge in [-0.05, 0) is 32.9 Å². The van der Waals surface area contributed by atoms with Gasteiger partial charge in [-0.15, -0.1) is 0 Å². The third kappa shape index (κ3) is 9.30. The fourth-order valence-electron chi connectivity index (χ4n) is 1.11. The first-order valence-corrected chi connectivity index (χ1v) is 4.68. The summed E-state index contributed by atoms with van der Waals surface area (Å²) < 4.78 is 0. The molecule has 0 aromatic carbocycles.